The monoisotopic (exact) mass is 918 g/mol. The van der Waals surface area contributed by atoms with E-state index < -0.39 is 0 Å². The van der Waals surface area contributed by atoms with Crippen LogP contribution in [0.4, 0.5) is 17.1 Å². The molecule has 72 heavy (non-hydrogen) atoms. The first-order chi connectivity index (χ1) is 35.5. The van der Waals surface area contributed by atoms with Crippen LogP contribution in [0.25, 0.3) is 115 Å². The van der Waals surface area contributed by atoms with Gasteiger partial charge in [0.25, 0.3) is 0 Å². The Morgan fingerprint density at radius 2 is 0.903 bits per heavy atom. The minimum atomic E-state index is -0.119. The minimum Gasteiger partial charge on any atom is -0.456 e. The van der Waals surface area contributed by atoms with E-state index in [0.29, 0.717) is 0 Å². The summed E-state index contributed by atoms with van der Waals surface area (Å²) in [5.41, 5.74) is 18.3. The van der Waals surface area contributed by atoms with E-state index >= 15 is 0 Å². The Labute approximate surface area is 417 Å². The summed E-state index contributed by atoms with van der Waals surface area (Å²) < 4.78 is 9.25. The summed E-state index contributed by atoms with van der Waals surface area (Å²) in [5.74, 6) is 0. The molecule has 0 bridgehead atoms. The molecule has 0 fully saturated rings. The van der Waals surface area contributed by atoms with Crippen molar-refractivity contribution in [3.8, 4) is 39.1 Å². The van der Waals surface area contributed by atoms with Crippen LogP contribution in [0.3, 0.4) is 0 Å². The number of furan rings is 1. The number of rotatable bonds is 6. The Hall–Kier alpha value is -9.18. The van der Waals surface area contributed by atoms with Crippen molar-refractivity contribution in [2.75, 3.05) is 4.90 Å². The summed E-state index contributed by atoms with van der Waals surface area (Å²) >= 11 is 0. The third-order valence-electron chi connectivity index (χ3n) is 15.7. The Morgan fingerprint density at radius 1 is 0.347 bits per heavy atom. The number of fused-ring (bicyclic) bond motifs is 15. The molecule has 14 aromatic rings. The van der Waals surface area contributed by atoms with Gasteiger partial charge in [-0.05, 0) is 144 Å². The molecule has 0 saturated heterocycles. The van der Waals surface area contributed by atoms with E-state index in [9.17, 15) is 0 Å². The number of benzene rings is 12. The van der Waals surface area contributed by atoms with Crippen LogP contribution in [0.15, 0.2) is 247 Å². The standard InChI is InChI=1S/C69H46N2O/c1-69(2)60-27-15-13-25-55(60)56-37-35-49(41-61(56)69)70(46-19-7-4-8-20-46)47-31-33-48(34-32-47)71-62-38-30-45(44-29-36-54-52-23-10-9-21-50(52)51-22-11-12-24-53(51)58(54)39-44)40-59(62)67-63(71)42-65-68(57-26-14-16-28-64(57)72-65)66(67)43-17-5-3-6-18-43/h3-42H,1-2H3. The largest absolute Gasteiger partial charge is 0.456 e. The summed E-state index contributed by atoms with van der Waals surface area (Å²) in [6.45, 7) is 4.70. The Balaban J connectivity index is 0.956. The van der Waals surface area contributed by atoms with Crippen molar-refractivity contribution in [2.24, 2.45) is 0 Å². The van der Waals surface area contributed by atoms with Crippen LogP contribution in [-0.2, 0) is 5.41 Å². The number of para-hydroxylation sites is 2. The molecular weight excluding hydrogens is 873 g/mol. The van der Waals surface area contributed by atoms with Gasteiger partial charge in [0.2, 0.25) is 0 Å². The van der Waals surface area contributed by atoms with Gasteiger partial charge in [0.1, 0.15) is 11.2 Å². The van der Waals surface area contributed by atoms with E-state index in [1.807, 2.05) is 0 Å². The zero-order valence-electron chi connectivity index (χ0n) is 39.9. The summed E-state index contributed by atoms with van der Waals surface area (Å²) in [7, 11) is 0. The molecular formula is C69H46N2O. The van der Waals surface area contributed by atoms with Crippen LogP contribution in [0.5, 0.6) is 0 Å². The van der Waals surface area contributed by atoms with Crippen LogP contribution < -0.4 is 4.90 Å². The predicted octanol–water partition coefficient (Wildman–Crippen LogP) is 19.3. The first kappa shape index (κ1) is 40.7. The summed E-state index contributed by atoms with van der Waals surface area (Å²) in [5, 5.41) is 12.3. The first-order valence-corrected chi connectivity index (χ1v) is 25.0. The van der Waals surface area contributed by atoms with Crippen molar-refractivity contribution in [1.82, 2.24) is 4.57 Å². The quantitative estimate of drug-likeness (QED) is 0.155. The van der Waals surface area contributed by atoms with Gasteiger partial charge >= 0.3 is 0 Å². The SMILES string of the molecule is CC1(C)c2ccccc2-c2ccc(N(c3ccccc3)c3ccc(-n4c5ccc(-c6ccc7c8ccccc8c8ccccc8c7c6)cc5c5c(-c6ccccc6)c6c(cc54)oc4ccccc46)cc3)cc21. The molecule has 0 N–H and O–H groups in total. The highest BCUT2D eigenvalue weighted by molar-refractivity contribution is 6.28. The highest BCUT2D eigenvalue weighted by atomic mass is 16.3. The van der Waals surface area contributed by atoms with Crippen molar-refractivity contribution < 1.29 is 4.42 Å². The van der Waals surface area contributed by atoms with Crippen molar-refractivity contribution >= 4 is 93.1 Å². The lowest BCUT2D eigenvalue weighted by Gasteiger charge is -2.28. The van der Waals surface area contributed by atoms with Gasteiger partial charge in [0.15, 0.2) is 0 Å². The number of aromatic nitrogens is 1. The van der Waals surface area contributed by atoms with Crippen LogP contribution in [0.2, 0.25) is 0 Å². The number of nitrogens with zero attached hydrogens (tertiary/aromatic N) is 2. The molecule has 0 aliphatic heterocycles. The smallest absolute Gasteiger partial charge is 0.138 e. The van der Waals surface area contributed by atoms with Crippen LogP contribution in [-0.4, -0.2) is 4.57 Å². The molecule has 0 radical (unpaired) electrons. The highest BCUT2D eigenvalue weighted by Gasteiger charge is 2.36. The average Bonchev–Trinajstić information content (AvgIpc) is 4.05. The topological polar surface area (TPSA) is 21.3 Å². The Kier molecular flexibility index (Phi) is 8.71. The molecule has 2 aromatic heterocycles. The van der Waals surface area contributed by atoms with Gasteiger partial charge in [-0.2, -0.15) is 0 Å². The molecule has 2 heterocycles. The summed E-state index contributed by atoms with van der Waals surface area (Å²) in [6, 6.07) is 89.1. The van der Waals surface area contributed by atoms with Gasteiger partial charge in [-0.15, -0.1) is 0 Å². The molecule has 15 rings (SSSR count). The van der Waals surface area contributed by atoms with E-state index in [0.717, 1.165) is 61.3 Å². The second kappa shape index (κ2) is 15.4. The van der Waals surface area contributed by atoms with E-state index in [1.54, 1.807) is 0 Å². The fourth-order valence-corrected chi connectivity index (χ4v) is 12.4. The maximum Gasteiger partial charge on any atom is 0.138 e. The molecule has 0 unspecified atom stereocenters. The number of hydrogen-bond acceptors (Lipinski definition) is 2. The highest BCUT2D eigenvalue weighted by Crippen LogP contribution is 2.52. The van der Waals surface area contributed by atoms with Gasteiger partial charge in [0, 0.05) is 61.3 Å². The number of hydrogen-bond donors (Lipinski definition) is 0. The molecule has 0 spiro atoms. The van der Waals surface area contributed by atoms with Crippen molar-refractivity contribution in [2.45, 2.75) is 19.3 Å². The van der Waals surface area contributed by atoms with Crippen LogP contribution >= 0.6 is 0 Å². The van der Waals surface area contributed by atoms with E-state index in [1.165, 1.54) is 82.0 Å². The Bertz CT molecular complexity index is 4490. The molecule has 0 saturated carbocycles. The van der Waals surface area contributed by atoms with Crippen molar-refractivity contribution in [3.63, 3.8) is 0 Å². The molecule has 12 aromatic carbocycles. The van der Waals surface area contributed by atoms with Gasteiger partial charge in [-0.25, -0.2) is 0 Å². The predicted molar refractivity (Wildman–Crippen MR) is 304 cm³/mol. The second-order valence-corrected chi connectivity index (χ2v) is 20.0. The second-order valence-electron chi connectivity index (χ2n) is 20.0. The zero-order valence-corrected chi connectivity index (χ0v) is 39.9. The molecule has 1 aliphatic carbocycles. The first-order valence-electron chi connectivity index (χ1n) is 25.0. The number of anilines is 3. The third-order valence-corrected chi connectivity index (χ3v) is 15.7. The van der Waals surface area contributed by atoms with Gasteiger partial charge in [-0.1, -0.05) is 178 Å². The van der Waals surface area contributed by atoms with E-state index in [4.69, 9.17) is 4.42 Å². The van der Waals surface area contributed by atoms with Gasteiger partial charge in [0.05, 0.1) is 11.0 Å². The van der Waals surface area contributed by atoms with Gasteiger partial charge < -0.3 is 13.9 Å². The van der Waals surface area contributed by atoms with Crippen LogP contribution in [0.1, 0.15) is 25.0 Å². The van der Waals surface area contributed by atoms with Crippen LogP contribution in [0, 0.1) is 0 Å². The molecule has 0 atom stereocenters. The fraction of sp³-hybridized carbons (Fsp3) is 0.0435. The molecule has 3 heteroatoms. The fourth-order valence-electron chi connectivity index (χ4n) is 12.4. The maximum absolute atomic E-state index is 6.80. The normalized spacial score (nSPS) is 13.0. The third kappa shape index (κ3) is 5.91. The van der Waals surface area contributed by atoms with Crippen molar-refractivity contribution in [3.05, 3.63) is 254 Å². The summed E-state index contributed by atoms with van der Waals surface area (Å²) in [4.78, 5) is 2.39. The maximum atomic E-state index is 6.80. The average molecular weight is 919 g/mol. The molecule has 0 amide bonds. The van der Waals surface area contributed by atoms with Gasteiger partial charge in [-0.3, -0.25) is 0 Å². The lowest BCUT2D eigenvalue weighted by Crippen LogP contribution is -2.16. The molecule has 338 valence electrons. The van der Waals surface area contributed by atoms with E-state index in [-0.39, 0.29) is 5.41 Å². The summed E-state index contributed by atoms with van der Waals surface area (Å²) in [6.07, 6.45) is 0. The molecule has 3 nitrogen and oxygen atoms in total. The molecule has 1 aliphatic rings. The van der Waals surface area contributed by atoms with Crippen molar-refractivity contribution in [1.29, 1.82) is 0 Å². The Morgan fingerprint density at radius 3 is 1.64 bits per heavy atom. The minimum absolute atomic E-state index is 0.119. The lowest BCUT2D eigenvalue weighted by atomic mass is 9.82. The van der Waals surface area contributed by atoms with E-state index in [2.05, 4.69) is 266 Å². The zero-order chi connectivity index (χ0) is 47.7. The lowest BCUT2D eigenvalue weighted by molar-refractivity contribution is 0.660.